The maximum Gasteiger partial charge on any atom is 0.122 e. The molecule has 0 spiro atoms. The van der Waals surface area contributed by atoms with Crippen molar-refractivity contribution in [2.45, 2.75) is 4.90 Å². The molecule has 4 heteroatoms. The number of halogens is 1. The van der Waals surface area contributed by atoms with Gasteiger partial charge in [0, 0.05) is 4.47 Å². The third-order valence-corrected chi connectivity index (χ3v) is 2.24. The van der Waals surface area contributed by atoms with Crippen molar-refractivity contribution in [3.8, 4) is 0 Å². The molecule has 1 atom stereocenters. The fraction of sp³-hybridized carbons (Fsp3) is 0. The summed E-state index contributed by atoms with van der Waals surface area (Å²) in [5, 5.41) is 5.13. The second-order valence-electron chi connectivity index (χ2n) is 1.75. The lowest BCUT2D eigenvalue weighted by Gasteiger charge is -1.94. The lowest BCUT2D eigenvalue weighted by atomic mass is 10.4. The van der Waals surface area contributed by atoms with Crippen molar-refractivity contribution < 1.29 is 4.21 Å². The van der Waals surface area contributed by atoms with Gasteiger partial charge in [-0.25, -0.2) is 9.35 Å². The van der Waals surface area contributed by atoms with Crippen LogP contribution in [0.3, 0.4) is 0 Å². The molecule has 0 aliphatic heterocycles. The van der Waals surface area contributed by atoms with E-state index < -0.39 is 11.0 Å². The zero-order chi connectivity index (χ0) is 7.56. The molecule has 0 aliphatic rings. The predicted molar refractivity (Wildman–Crippen MR) is 44.7 cm³/mol. The van der Waals surface area contributed by atoms with Crippen molar-refractivity contribution >= 4 is 26.9 Å². The van der Waals surface area contributed by atoms with Crippen LogP contribution in [0.5, 0.6) is 0 Å². The average molecular weight is 220 g/mol. The highest BCUT2D eigenvalue weighted by Gasteiger charge is 1.95. The smallest absolute Gasteiger partial charge is 0.122 e. The van der Waals surface area contributed by atoms with Crippen LogP contribution in [-0.2, 0) is 11.0 Å². The third kappa shape index (κ3) is 1.90. The molecular weight excluding hydrogens is 214 g/mol. The predicted octanol–water partition coefficient (Wildman–Crippen LogP) is 1.43. The molecule has 2 N–H and O–H groups in total. The van der Waals surface area contributed by atoms with Crippen molar-refractivity contribution in [3.63, 3.8) is 0 Å². The van der Waals surface area contributed by atoms with Crippen LogP contribution in [0.4, 0.5) is 0 Å². The molecule has 0 amide bonds. The summed E-state index contributed by atoms with van der Waals surface area (Å²) in [7, 11) is -1.37. The monoisotopic (exact) mass is 219 g/mol. The Balaban J connectivity index is 3.07. The maximum absolute atomic E-state index is 10.7. The summed E-state index contributed by atoms with van der Waals surface area (Å²) in [4.78, 5) is 0.634. The quantitative estimate of drug-likeness (QED) is 0.764. The van der Waals surface area contributed by atoms with Crippen molar-refractivity contribution in [2.24, 2.45) is 5.14 Å². The molecule has 0 bridgehead atoms. The Morgan fingerprint density at radius 1 is 1.50 bits per heavy atom. The lowest BCUT2D eigenvalue weighted by molar-refractivity contribution is 0.684. The normalized spacial score (nSPS) is 13.0. The van der Waals surface area contributed by atoms with Gasteiger partial charge in [-0.2, -0.15) is 0 Å². The molecule has 0 heterocycles. The minimum atomic E-state index is -1.37. The Labute approximate surface area is 70.1 Å². The van der Waals surface area contributed by atoms with E-state index in [4.69, 9.17) is 5.14 Å². The molecule has 10 heavy (non-hydrogen) atoms. The summed E-state index contributed by atoms with van der Waals surface area (Å²) in [5.74, 6) is 0. The Morgan fingerprint density at radius 2 is 2.20 bits per heavy atom. The summed E-state index contributed by atoms with van der Waals surface area (Å²) in [6.45, 7) is 0. The van der Waals surface area contributed by atoms with E-state index in [0.29, 0.717) is 4.90 Å². The van der Waals surface area contributed by atoms with Gasteiger partial charge >= 0.3 is 0 Å². The van der Waals surface area contributed by atoms with Gasteiger partial charge in [-0.1, -0.05) is 22.0 Å². The van der Waals surface area contributed by atoms with Gasteiger partial charge in [-0.15, -0.1) is 0 Å². The highest BCUT2D eigenvalue weighted by Crippen LogP contribution is 2.12. The van der Waals surface area contributed by atoms with Gasteiger partial charge in [0.15, 0.2) is 0 Å². The SMILES string of the molecule is NS(=O)c1cccc(Br)c1. The second-order valence-corrected chi connectivity index (χ2v) is 3.74. The van der Waals surface area contributed by atoms with Gasteiger partial charge in [-0.3, -0.25) is 0 Å². The zero-order valence-corrected chi connectivity index (χ0v) is 7.48. The molecule has 1 aromatic carbocycles. The first-order valence-electron chi connectivity index (χ1n) is 2.62. The summed E-state index contributed by atoms with van der Waals surface area (Å²) in [6, 6.07) is 7.11. The summed E-state index contributed by atoms with van der Waals surface area (Å²) in [5.41, 5.74) is 0. The van der Waals surface area contributed by atoms with Crippen molar-refractivity contribution in [1.29, 1.82) is 0 Å². The van der Waals surface area contributed by atoms with Crippen molar-refractivity contribution in [3.05, 3.63) is 28.7 Å². The molecule has 0 radical (unpaired) electrons. The number of nitrogens with two attached hydrogens (primary N) is 1. The third-order valence-electron chi connectivity index (χ3n) is 1.03. The van der Waals surface area contributed by atoms with Crippen LogP contribution in [0.15, 0.2) is 33.6 Å². The van der Waals surface area contributed by atoms with E-state index in [2.05, 4.69) is 15.9 Å². The van der Waals surface area contributed by atoms with Gasteiger partial charge in [-0.05, 0) is 18.2 Å². The zero-order valence-electron chi connectivity index (χ0n) is 5.08. The molecule has 0 aliphatic carbocycles. The second kappa shape index (κ2) is 3.27. The maximum atomic E-state index is 10.7. The molecule has 0 aromatic heterocycles. The minimum Gasteiger partial charge on any atom is -0.248 e. The Hall–Kier alpha value is -0.190. The molecular formula is C6H6BrNOS. The van der Waals surface area contributed by atoms with Gasteiger partial charge in [0.2, 0.25) is 0 Å². The van der Waals surface area contributed by atoms with Crippen LogP contribution < -0.4 is 5.14 Å². The van der Waals surface area contributed by atoms with Crippen LogP contribution >= 0.6 is 15.9 Å². The Morgan fingerprint density at radius 3 is 2.60 bits per heavy atom. The largest absolute Gasteiger partial charge is 0.248 e. The number of hydrogen-bond acceptors (Lipinski definition) is 1. The fourth-order valence-corrected chi connectivity index (χ4v) is 1.60. The van der Waals surface area contributed by atoms with E-state index in [0.717, 1.165) is 4.47 Å². The molecule has 0 fully saturated rings. The fourth-order valence-electron chi connectivity index (χ4n) is 0.592. The standard InChI is InChI=1S/C6H6BrNOS/c7-5-2-1-3-6(4-5)10(8)9/h1-4H,8H2. The highest BCUT2D eigenvalue weighted by molar-refractivity contribution is 9.10. The van der Waals surface area contributed by atoms with E-state index in [9.17, 15) is 4.21 Å². The summed E-state index contributed by atoms with van der Waals surface area (Å²) in [6.07, 6.45) is 0. The van der Waals surface area contributed by atoms with Crippen LogP contribution in [0.25, 0.3) is 0 Å². The van der Waals surface area contributed by atoms with Crippen molar-refractivity contribution in [1.82, 2.24) is 0 Å². The van der Waals surface area contributed by atoms with E-state index in [1.807, 2.05) is 6.07 Å². The van der Waals surface area contributed by atoms with E-state index in [1.165, 1.54) is 0 Å². The van der Waals surface area contributed by atoms with Crippen LogP contribution in [0.1, 0.15) is 0 Å². The van der Waals surface area contributed by atoms with Crippen molar-refractivity contribution in [2.75, 3.05) is 0 Å². The molecule has 1 aromatic rings. The van der Waals surface area contributed by atoms with Gasteiger partial charge in [0.05, 0.1) is 4.90 Å². The molecule has 2 nitrogen and oxygen atoms in total. The molecule has 1 rings (SSSR count). The van der Waals surface area contributed by atoms with E-state index >= 15 is 0 Å². The Bertz CT molecular complexity index is 264. The van der Waals surface area contributed by atoms with Crippen LogP contribution in [0, 0.1) is 0 Å². The molecule has 1 unspecified atom stereocenters. The number of rotatable bonds is 1. The first-order valence-corrected chi connectivity index (χ1v) is 4.62. The summed E-state index contributed by atoms with van der Waals surface area (Å²) < 4.78 is 11.6. The van der Waals surface area contributed by atoms with Gasteiger partial charge in [0.25, 0.3) is 0 Å². The number of hydrogen-bond donors (Lipinski definition) is 1. The first-order chi connectivity index (χ1) is 4.70. The number of benzene rings is 1. The van der Waals surface area contributed by atoms with Crippen LogP contribution in [-0.4, -0.2) is 4.21 Å². The highest BCUT2D eigenvalue weighted by atomic mass is 79.9. The Kier molecular flexibility index (Phi) is 2.59. The molecule has 54 valence electrons. The van der Waals surface area contributed by atoms with Gasteiger partial charge in [0.1, 0.15) is 11.0 Å². The summed E-state index contributed by atoms with van der Waals surface area (Å²) >= 11 is 3.24. The lowest BCUT2D eigenvalue weighted by Crippen LogP contribution is -2.01. The topological polar surface area (TPSA) is 43.1 Å². The van der Waals surface area contributed by atoms with Crippen LogP contribution in [0.2, 0.25) is 0 Å². The minimum absolute atomic E-state index is 0.634. The van der Waals surface area contributed by atoms with E-state index in [-0.39, 0.29) is 0 Å². The first kappa shape index (κ1) is 7.91. The molecule has 0 saturated heterocycles. The molecule has 0 saturated carbocycles. The average Bonchev–Trinajstić information content (AvgIpc) is 1.88. The van der Waals surface area contributed by atoms with E-state index in [1.54, 1.807) is 18.2 Å². The van der Waals surface area contributed by atoms with Gasteiger partial charge < -0.3 is 0 Å².